The smallest absolute Gasteiger partial charge is 0.244 e. The van der Waals surface area contributed by atoms with Crippen LogP contribution < -0.4 is 5.43 Å². The second-order valence-electron chi connectivity index (χ2n) is 6.98. The average Bonchev–Trinajstić information content (AvgIpc) is 3.03. The van der Waals surface area contributed by atoms with E-state index >= 15 is 0 Å². The van der Waals surface area contributed by atoms with Gasteiger partial charge in [0.25, 0.3) is 0 Å². The minimum Gasteiger partial charge on any atom is -0.318 e. The molecule has 0 spiro atoms. The standard InChI is InChI=1S/C22H26IN5O2S/c1-5-27(6-2)31(29,30)21-11-12-22(24-15-21)26-25-14-18-13-16(3)28(17(18)4)20-9-7-19(23)8-10-20/h7-15H,5-6H2,1-4H3,(H,24,26)/b25-14+. The highest BCUT2D eigenvalue weighted by Gasteiger charge is 2.21. The Morgan fingerprint density at radius 1 is 1.13 bits per heavy atom. The lowest BCUT2D eigenvalue weighted by molar-refractivity contribution is 0.445. The Morgan fingerprint density at radius 3 is 2.39 bits per heavy atom. The van der Waals surface area contributed by atoms with Gasteiger partial charge in [-0.25, -0.2) is 13.4 Å². The topological polar surface area (TPSA) is 79.6 Å². The van der Waals surface area contributed by atoms with Crippen LogP contribution in [0.15, 0.2) is 58.7 Å². The van der Waals surface area contributed by atoms with Gasteiger partial charge in [0.2, 0.25) is 10.0 Å². The van der Waals surface area contributed by atoms with Gasteiger partial charge in [-0.3, -0.25) is 5.43 Å². The summed E-state index contributed by atoms with van der Waals surface area (Å²) in [7, 11) is -3.52. The van der Waals surface area contributed by atoms with Gasteiger partial charge in [0, 0.05) is 45.5 Å². The molecule has 0 bridgehead atoms. The van der Waals surface area contributed by atoms with Crippen molar-refractivity contribution in [2.45, 2.75) is 32.6 Å². The van der Waals surface area contributed by atoms with Crippen molar-refractivity contribution in [1.29, 1.82) is 0 Å². The van der Waals surface area contributed by atoms with E-state index in [0.717, 1.165) is 22.6 Å². The van der Waals surface area contributed by atoms with Crippen molar-refractivity contribution >= 4 is 44.6 Å². The fourth-order valence-corrected chi connectivity index (χ4v) is 5.15. The van der Waals surface area contributed by atoms with Gasteiger partial charge in [-0.2, -0.15) is 9.41 Å². The molecule has 0 saturated carbocycles. The van der Waals surface area contributed by atoms with Gasteiger partial charge >= 0.3 is 0 Å². The number of aromatic nitrogens is 2. The van der Waals surface area contributed by atoms with E-state index in [1.165, 1.54) is 14.1 Å². The van der Waals surface area contributed by atoms with E-state index in [1.807, 2.05) is 13.8 Å². The molecule has 164 valence electrons. The minimum atomic E-state index is -3.52. The van der Waals surface area contributed by atoms with Crippen LogP contribution in [0.4, 0.5) is 5.82 Å². The molecule has 0 radical (unpaired) electrons. The number of halogens is 1. The first-order valence-electron chi connectivity index (χ1n) is 9.98. The first kappa shape index (κ1) is 23.4. The highest BCUT2D eigenvalue weighted by Crippen LogP contribution is 2.21. The maximum atomic E-state index is 12.5. The fraction of sp³-hybridized carbons (Fsp3) is 0.273. The van der Waals surface area contributed by atoms with Gasteiger partial charge in [0.15, 0.2) is 0 Å². The highest BCUT2D eigenvalue weighted by atomic mass is 127. The van der Waals surface area contributed by atoms with Crippen LogP contribution in [0.3, 0.4) is 0 Å². The molecule has 9 heteroatoms. The van der Waals surface area contributed by atoms with Crippen molar-refractivity contribution in [2.75, 3.05) is 18.5 Å². The third-order valence-electron chi connectivity index (χ3n) is 5.02. The molecule has 0 aliphatic carbocycles. The lowest BCUT2D eigenvalue weighted by atomic mass is 10.2. The quantitative estimate of drug-likeness (QED) is 0.253. The van der Waals surface area contributed by atoms with Crippen molar-refractivity contribution in [3.63, 3.8) is 0 Å². The van der Waals surface area contributed by atoms with Crippen molar-refractivity contribution in [3.05, 3.63) is 69.2 Å². The minimum absolute atomic E-state index is 0.173. The number of sulfonamides is 1. The second kappa shape index (κ2) is 9.92. The number of nitrogens with one attached hydrogen (secondary N) is 1. The van der Waals surface area contributed by atoms with E-state index in [1.54, 1.807) is 18.3 Å². The number of nitrogens with zero attached hydrogens (tertiary/aromatic N) is 4. The van der Waals surface area contributed by atoms with Gasteiger partial charge < -0.3 is 4.57 Å². The number of aryl methyl sites for hydroxylation is 1. The third kappa shape index (κ3) is 5.16. The summed E-state index contributed by atoms with van der Waals surface area (Å²) in [6.45, 7) is 8.58. The zero-order valence-electron chi connectivity index (χ0n) is 18.0. The fourth-order valence-electron chi connectivity index (χ4n) is 3.39. The maximum absolute atomic E-state index is 12.5. The summed E-state index contributed by atoms with van der Waals surface area (Å²) in [5.74, 6) is 0.473. The Bertz CT molecular complexity index is 1170. The predicted molar refractivity (Wildman–Crippen MR) is 134 cm³/mol. The molecule has 0 amide bonds. The molecule has 0 atom stereocenters. The Hall–Kier alpha value is -2.24. The van der Waals surface area contributed by atoms with Crippen LogP contribution in [-0.4, -0.2) is 41.6 Å². The van der Waals surface area contributed by atoms with Crippen molar-refractivity contribution < 1.29 is 8.42 Å². The van der Waals surface area contributed by atoms with E-state index in [0.29, 0.717) is 18.9 Å². The molecule has 7 nitrogen and oxygen atoms in total. The van der Waals surface area contributed by atoms with Gasteiger partial charge in [-0.1, -0.05) is 13.8 Å². The van der Waals surface area contributed by atoms with Crippen LogP contribution in [0, 0.1) is 17.4 Å². The number of hydrogen-bond acceptors (Lipinski definition) is 5. The Kier molecular flexibility index (Phi) is 7.50. The zero-order valence-corrected chi connectivity index (χ0v) is 21.0. The van der Waals surface area contributed by atoms with Crippen LogP contribution in [0.25, 0.3) is 5.69 Å². The zero-order chi connectivity index (χ0) is 22.6. The summed E-state index contributed by atoms with van der Waals surface area (Å²) in [5, 5.41) is 4.28. The molecule has 2 aromatic heterocycles. The second-order valence-corrected chi connectivity index (χ2v) is 10.2. The molecule has 0 aliphatic rings. The number of hydrazone groups is 1. The molecule has 3 rings (SSSR count). The van der Waals surface area contributed by atoms with E-state index in [4.69, 9.17) is 0 Å². The summed E-state index contributed by atoms with van der Waals surface area (Å²) in [6.07, 6.45) is 3.10. The largest absolute Gasteiger partial charge is 0.318 e. The maximum Gasteiger partial charge on any atom is 0.244 e. The number of hydrogen-bond donors (Lipinski definition) is 1. The lowest BCUT2D eigenvalue weighted by Crippen LogP contribution is -2.30. The van der Waals surface area contributed by atoms with Crippen LogP contribution in [0.5, 0.6) is 0 Å². The van der Waals surface area contributed by atoms with Crippen molar-refractivity contribution in [3.8, 4) is 5.69 Å². The molecule has 3 aromatic rings. The first-order chi connectivity index (χ1) is 14.8. The Morgan fingerprint density at radius 2 is 1.81 bits per heavy atom. The van der Waals surface area contributed by atoms with E-state index in [2.05, 4.69) is 86.8 Å². The Balaban J connectivity index is 1.74. The lowest BCUT2D eigenvalue weighted by Gasteiger charge is -2.18. The molecular weight excluding hydrogens is 525 g/mol. The van der Waals surface area contributed by atoms with Crippen molar-refractivity contribution in [1.82, 2.24) is 13.9 Å². The summed E-state index contributed by atoms with van der Waals surface area (Å²) in [5.41, 5.74) is 7.16. The average molecular weight is 551 g/mol. The number of anilines is 1. The van der Waals surface area contributed by atoms with Crippen molar-refractivity contribution in [2.24, 2.45) is 5.10 Å². The van der Waals surface area contributed by atoms with E-state index in [9.17, 15) is 8.42 Å². The van der Waals surface area contributed by atoms with Crippen LogP contribution in [0.1, 0.15) is 30.8 Å². The molecule has 0 saturated heterocycles. The van der Waals surface area contributed by atoms with Gasteiger partial charge in [-0.05, 0) is 78.9 Å². The van der Waals surface area contributed by atoms with Gasteiger partial charge in [0.05, 0.1) is 6.21 Å². The molecule has 0 aliphatic heterocycles. The van der Waals surface area contributed by atoms with Crippen LogP contribution in [-0.2, 0) is 10.0 Å². The van der Waals surface area contributed by atoms with E-state index < -0.39 is 10.0 Å². The van der Waals surface area contributed by atoms with Crippen LogP contribution in [0.2, 0.25) is 0 Å². The first-order valence-corrected chi connectivity index (χ1v) is 12.5. The molecule has 0 unspecified atom stereocenters. The predicted octanol–water partition coefficient (Wildman–Crippen LogP) is 4.57. The number of pyridine rings is 1. The normalized spacial score (nSPS) is 12.1. The molecule has 31 heavy (non-hydrogen) atoms. The monoisotopic (exact) mass is 551 g/mol. The molecule has 1 N–H and O–H groups in total. The number of rotatable bonds is 8. The van der Waals surface area contributed by atoms with E-state index in [-0.39, 0.29) is 4.90 Å². The highest BCUT2D eigenvalue weighted by molar-refractivity contribution is 14.1. The summed E-state index contributed by atoms with van der Waals surface area (Å²) >= 11 is 2.29. The molecule has 2 heterocycles. The SMILES string of the molecule is CCN(CC)S(=O)(=O)c1ccc(N/N=C/c2cc(C)n(-c3ccc(I)cc3)c2C)nc1. The summed E-state index contributed by atoms with van der Waals surface area (Å²) in [4.78, 5) is 4.36. The summed E-state index contributed by atoms with van der Waals surface area (Å²) < 4.78 is 29.9. The Labute approximate surface area is 197 Å². The third-order valence-corrected chi connectivity index (χ3v) is 7.77. The summed E-state index contributed by atoms with van der Waals surface area (Å²) in [6, 6.07) is 13.6. The molecular formula is C22H26IN5O2S. The van der Waals surface area contributed by atoms with Crippen LogP contribution >= 0.6 is 22.6 Å². The van der Waals surface area contributed by atoms with Gasteiger partial charge in [-0.15, -0.1) is 0 Å². The van der Waals surface area contributed by atoms with Gasteiger partial charge in [0.1, 0.15) is 10.7 Å². The molecule has 1 aromatic carbocycles. The number of benzene rings is 1. The molecule has 0 fully saturated rings.